The number of aliphatic carboxylic acids is 1. The predicted octanol–water partition coefficient (Wildman–Crippen LogP) is 2.64. The van der Waals surface area contributed by atoms with Gasteiger partial charge in [0.25, 0.3) is 6.10 Å². The normalized spacial score (nSPS) is 28.2. The number of hydrogen-bond donors (Lipinski definition) is 1. The molecule has 0 aliphatic carbocycles. The van der Waals surface area contributed by atoms with E-state index in [4.69, 9.17) is 14.2 Å². The number of hydrogen-bond acceptors (Lipinski definition) is 5. The standard InChI is InChI=1S/C18H22O6/c1-11-10-18(22-4,24-13(3)12(11)2)15(16(19)20)23-17(21)14-8-6-5-7-9-14/h5-9,12-13,15H,1,10H2,2-4H3,(H,19,20)/t12-,13-,15-,18-/m1/s1. The Bertz CT molecular complexity index is 626. The van der Waals surface area contributed by atoms with Crippen molar-refractivity contribution in [3.05, 3.63) is 48.0 Å². The summed E-state index contributed by atoms with van der Waals surface area (Å²) in [5.74, 6) is -3.64. The molecule has 0 radical (unpaired) electrons. The highest BCUT2D eigenvalue weighted by Gasteiger charge is 2.52. The van der Waals surface area contributed by atoms with Crippen molar-refractivity contribution in [2.45, 2.75) is 38.3 Å². The fraction of sp³-hybridized carbons (Fsp3) is 0.444. The molecule has 1 aromatic carbocycles. The monoisotopic (exact) mass is 334 g/mol. The molecular weight excluding hydrogens is 312 g/mol. The van der Waals surface area contributed by atoms with E-state index in [-0.39, 0.29) is 24.0 Å². The maximum Gasteiger partial charge on any atom is 0.350 e. The Hall–Kier alpha value is -2.18. The van der Waals surface area contributed by atoms with Gasteiger partial charge < -0.3 is 19.3 Å². The van der Waals surface area contributed by atoms with Gasteiger partial charge in [0.1, 0.15) is 0 Å². The van der Waals surface area contributed by atoms with Crippen LogP contribution >= 0.6 is 0 Å². The Morgan fingerprint density at radius 1 is 1.33 bits per heavy atom. The van der Waals surface area contributed by atoms with Crippen LogP contribution in [0.25, 0.3) is 0 Å². The van der Waals surface area contributed by atoms with Gasteiger partial charge >= 0.3 is 11.9 Å². The third-order valence-electron chi connectivity index (χ3n) is 4.41. The number of carboxylic acid groups (broad SMARTS) is 1. The summed E-state index contributed by atoms with van der Waals surface area (Å²) in [5, 5.41) is 9.59. The Kier molecular flexibility index (Phi) is 5.41. The molecule has 24 heavy (non-hydrogen) atoms. The molecule has 6 heteroatoms. The largest absolute Gasteiger partial charge is 0.478 e. The van der Waals surface area contributed by atoms with Crippen LogP contribution in [0.1, 0.15) is 30.6 Å². The molecule has 0 unspecified atom stereocenters. The van der Waals surface area contributed by atoms with Crippen LogP contribution in [0.4, 0.5) is 0 Å². The molecule has 1 aliphatic rings. The molecule has 130 valence electrons. The smallest absolute Gasteiger partial charge is 0.350 e. The minimum absolute atomic E-state index is 0.0487. The summed E-state index contributed by atoms with van der Waals surface area (Å²) in [5.41, 5.74) is 1.05. The van der Waals surface area contributed by atoms with Gasteiger partial charge in [-0.25, -0.2) is 9.59 Å². The van der Waals surface area contributed by atoms with E-state index < -0.39 is 23.8 Å². The van der Waals surface area contributed by atoms with Crippen LogP contribution in [0.5, 0.6) is 0 Å². The highest BCUT2D eigenvalue weighted by atomic mass is 16.7. The van der Waals surface area contributed by atoms with Crippen molar-refractivity contribution in [1.82, 2.24) is 0 Å². The molecule has 1 saturated heterocycles. The highest BCUT2D eigenvalue weighted by molar-refractivity contribution is 5.91. The Morgan fingerprint density at radius 3 is 2.46 bits per heavy atom. The molecule has 6 nitrogen and oxygen atoms in total. The summed E-state index contributed by atoms with van der Waals surface area (Å²) in [7, 11) is 1.34. The topological polar surface area (TPSA) is 82.1 Å². The average Bonchev–Trinajstić information content (AvgIpc) is 2.57. The van der Waals surface area contributed by atoms with Crippen molar-refractivity contribution in [1.29, 1.82) is 0 Å². The van der Waals surface area contributed by atoms with Crippen molar-refractivity contribution in [2.75, 3.05) is 7.11 Å². The molecule has 1 N–H and O–H groups in total. The van der Waals surface area contributed by atoms with Crippen LogP contribution in [0, 0.1) is 5.92 Å². The Morgan fingerprint density at radius 2 is 1.96 bits per heavy atom. The maximum absolute atomic E-state index is 12.3. The zero-order chi connectivity index (χ0) is 17.9. The minimum atomic E-state index is -1.61. The van der Waals surface area contributed by atoms with E-state index in [0.717, 1.165) is 5.57 Å². The molecular formula is C18H22O6. The number of benzene rings is 1. The van der Waals surface area contributed by atoms with E-state index in [2.05, 4.69) is 6.58 Å². The van der Waals surface area contributed by atoms with Crippen LogP contribution < -0.4 is 0 Å². The second-order valence-electron chi connectivity index (χ2n) is 5.95. The van der Waals surface area contributed by atoms with Gasteiger partial charge in [0.2, 0.25) is 5.79 Å². The van der Waals surface area contributed by atoms with Gasteiger partial charge in [-0.15, -0.1) is 0 Å². The molecule has 0 saturated carbocycles. The van der Waals surface area contributed by atoms with Gasteiger partial charge in [0, 0.05) is 19.4 Å². The van der Waals surface area contributed by atoms with Crippen molar-refractivity contribution in [3.8, 4) is 0 Å². The van der Waals surface area contributed by atoms with Crippen LogP contribution in [-0.2, 0) is 19.0 Å². The summed E-state index contributed by atoms with van der Waals surface area (Å²) >= 11 is 0. The first-order valence-corrected chi connectivity index (χ1v) is 7.70. The van der Waals surface area contributed by atoms with Crippen LogP contribution in [0.3, 0.4) is 0 Å². The summed E-state index contributed by atoms with van der Waals surface area (Å²) in [6.45, 7) is 7.72. The fourth-order valence-electron chi connectivity index (χ4n) is 2.73. The fourth-order valence-corrected chi connectivity index (χ4v) is 2.73. The molecule has 1 heterocycles. The van der Waals surface area contributed by atoms with Gasteiger partial charge in [-0.05, 0) is 19.1 Å². The molecule has 1 fully saturated rings. The van der Waals surface area contributed by atoms with E-state index in [0.29, 0.717) is 0 Å². The summed E-state index contributed by atoms with van der Waals surface area (Å²) in [6.07, 6.45) is -1.79. The summed E-state index contributed by atoms with van der Waals surface area (Å²) in [6, 6.07) is 8.18. The van der Waals surface area contributed by atoms with E-state index in [9.17, 15) is 14.7 Å². The molecule has 4 atom stereocenters. The van der Waals surface area contributed by atoms with Crippen LogP contribution in [0.15, 0.2) is 42.5 Å². The number of rotatable bonds is 5. The van der Waals surface area contributed by atoms with Crippen molar-refractivity contribution in [3.63, 3.8) is 0 Å². The quantitative estimate of drug-likeness (QED) is 0.658. The van der Waals surface area contributed by atoms with Crippen molar-refractivity contribution in [2.24, 2.45) is 5.92 Å². The Balaban J connectivity index is 2.29. The molecule has 0 amide bonds. The highest BCUT2D eigenvalue weighted by Crippen LogP contribution is 2.39. The SMILES string of the molecule is C=C1C[C@](OC)([C@H](OC(=O)c2ccccc2)C(=O)O)O[C@H](C)[C@@H]1C. The first-order chi connectivity index (χ1) is 11.3. The lowest BCUT2D eigenvalue weighted by Crippen LogP contribution is -2.57. The third-order valence-corrected chi connectivity index (χ3v) is 4.41. The van der Waals surface area contributed by atoms with Crippen molar-refractivity contribution < 1.29 is 28.9 Å². The lowest BCUT2D eigenvalue weighted by molar-refractivity contribution is -0.299. The van der Waals surface area contributed by atoms with E-state index in [1.54, 1.807) is 37.3 Å². The number of esters is 1. The molecule has 0 aromatic heterocycles. The minimum Gasteiger partial charge on any atom is -0.478 e. The zero-order valence-electron chi connectivity index (χ0n) is 14.0. The summed E-state index contributed by atoms with van der Waals surface area (Å²) < 4.78 is 16.4. The molecule has 1 aromatic rings. The number of carboxylic acids is 1. The summed E-state index contributed by atoms with van der Waals surface area (Å²) in [4.78, 5) is 24.0. The lowest BCUT2D eigenvalue weighted by Gasteiger charge is -2.45. The molecule has 1 aliphatic heterocycles. The van der Waals surface area contributed by atoms with E-state index in [1.807, 2.05) is 6.92 Å². The molecule has 0 bridgehead atoms. The van der Waals surface area contributed by atoms with Gasteiger partial charge in [-0.1, -0.05) is 37.3 Å². The van der Waals surface area contributed by atoms with Crippen molar-refractivity contribution >= 4 is 11.9 Å². The van der Waals surface area contributed by atoms with E-state index in [1.165, 1.54) is 7.11 Å². The second kappa shape index (κ2) is 7.15. The van der Waals surface area contributed by atoms with Gasteiger partial charge in [-0.3, -0.25) is 0 Å². The maximum atomic E-state index is 12.3. The van der Waals surface area contributed by atoms with Gasteiger partial charge in [-0.2, -0.15) is 0 Å². The van der Waals surface area contributed by atoms with Gasteiger partial charge in [0.05, 0.1) is 11.7 Å². The second-order valence-corrected chi connectivity index (χ2v) is 5.95. The predicted molar refractivity (Wildman–Crippen MR) is 86.5 cm³/mol. The lowest BCUT2D eigenvalue weighted by atomic mass is 9.85. The molecule has 2 rings (SSSR count). The zero-order valence-corrected chi connectivity index (χ0v) is 14.0. The number of ether oxygens (including phenoxy) is 3. The molecule has 0 spiro atoms. The third kappa shape index (κ3) is 3.49. The van der Waals surface area contributed by atoms with E-state index >= 15 is 0 Å². The number of methoxy groups -OCH3 is 1. The van der Waals surface area contributed by atoms with Gasteiger partial charge in [0.15, 0.2) is 0 Å². The number of carbonyl (C=O) groups is 2. The first kappa shape index (κ1) is 18.2. The first-order valence-electron chi connectivity index (χ1n) is 7.70. The van der Waals surface area contributed by atoms with Crippen LogP contribution in [-0.4, -0.2) is 42.1 Å². The number of carbonyl (C=O) groups excluding carboxylic acids is 1. The Labute approximate surface area is 141 Å². The van der Waals surface area contributed by atoms with Crippen LogP contribution in [0.2, 0.25) is 0 Å². The average molecular weight is 334 g/mol.